The first-order chi connectivity index (χ1) is 8.13. The normalized spacial score (nSPS) is 33.4. The van der Waals surface area contributed by atoms with Gasteiger partial charge in [-0.1, -0.05) is 0 Å². The standard InChI is InChI=1S/C11H20O6/c1-7(12)17-11-9(5-13-2)16-6-8(14-3)10(11)15-4/h8-11H,5-6H2,1-4H3. The van der Waals surface area contributed by atoms with Crippen LogP contribution in [0, 0.1) is 0 Å². The van der Waals surface area contributed by atoms with Crippen molar-refractivity contribution in [2.45, 2.75) is 31.3 Å². The first kappa shape index (κ1) is 14.4. The minimum absolute atomic E-state index is 0.252. The number of carbonyl (C=O) groups excluding carboxylic acids is 1. The van der Waals surface area contributed by atoms with Crippen LogP contribution >= 0.6 is 0 Å². The Labute approximate surface area is 101 Å². The fraction of sp³-hybridized carbons (Fsp3) is 0.909. The van der Waals surface area contributed by atoms with Gasteiger partial charge in [-0.15, -0.1) is 0 Å². The monoisotopic (exact) mass is 248 g/mol. The van der Waals surface area contributed by atoms with Crippen LogP contribution in [0.15, 0.2) is 0 Å². The Morgan fingerprint density at radius 1 is 1.24 bits per heavy atom. The summed E-state index contributed by atoms with van der Waals surface area (Å²) < 4.78 is 26.4. The Kier molecular flexibility index (Phi) is 5.84. The number of hydrogen-bond acceptors (Lipinski definition) is 6. The van der Waals surface area contributed by atoms with Gasteiger partial charge in [-0.2, -0.15) is 0 Å². The molecule has 0 aromatic heterocycles. The van der Waals surface area contributed by atoms with E-state index >= 15 is 0 Å². The number of ether oxygens (including phenoxy) is 5. The van der Waals surface area contributed by atoms with E-state index in [1.807, 2.05) is 0 Å². The van der Waals surface area contributed by atoms with E-state index in [0.29, 0.717) is 13.2 Å². The molecule has 0 N–H and O–H groups in total. The van der Waals surface area contributed by atoms with E-state index in [4.69, 9.17) is 23.7 Å². The minimum Gasteiger partial charge on any atom is -0.457 e. The third-order valence-corrected chi connectivity index (χ3v) is 2.74. The molecule has 1 saturated heterocycles. The average molecular weight is 248 g/mol. The summed E-state index contributed by atoms with van der Waals surface area (Å²) in [5.41, 5.74) is 0. The zero-order valence-corrected chi connectivity index (χ0v) is 10.7. The van der Waals surface area contributed by atoms with Crippen molar-refractivity contribution in [3.8, 4) is 0 Å². The number of carbonyl (C=O) groups is 1. The summed E-state index contributed by atoms with van der Waals surface area (Å²) in [6.45, 7) is 2.09. The van der Waals surface area contributed by atoms with E-state index < -0.39 is 6.10 Å². The third kappa shape index (κ3) is 3.64. The van der Waals surface area contributed by atoms with Gasteiger partial charge < -0.3 is 23.7 Å². The van der Waals surface area contributed by atoms with Crippen LogP contribution < -0.4 is 0 Å². The fourth-order valence-corrected chi connectivity index (χ4v) is 1.96. The van der Waals surface area contributed by atoms with Crippen LogP contribution in [0.2, 0.25) is 0 Å². The Hall–Kier alpha value is -0.690. The molecule has 1 aliphatic heterocycles. The fourth-order valence-electron chi connectivity index (χ4n) is 1.96. The molecule has 1 rings (SSSR count). The Balaban J connectivity index is 2.77. The molecule has 4 atom stereocenters. The van der Waals surface area contributed by atoms with Crippen LogP contribution in [0.1, 0.15) is 6.92 Å². The quantitative estimate of drug-likeness (QED) is 0.638. The molecule has 6 nitrogen and oxygen atoms in total. The van der Waals surface area contributed by atoms with Crippen molar-refractivity contribution in [2.75, 3.05) is 34.5 Å². The summed E-state index contributed by atoms with van der Waals surface area (Å²) >= 11 is 0. The molecule has 1 aliphatic rings. The number of hydrogen-bond donors (Lipinski definition) is 0. The van der Waals surface area contributed by atoms with E-state index in [-0.39, 0.29) is 24.3 Å². The maximum atomic E-state index is 11.1. The lowest BCUT2D eigenvalue weighted by Gasteiger charge is -2.40. The summed E-state index contributed by atoms with van der Waals surface area (Å²) in [7, 11) is 4.70. The van der Waals surface area contributed by atoms with Gasteiger partial charge in [0, 0.05) is 28.3 Å². The van der Waals surface area contributed by atoms with Crippen LogP contribution in [-0.2, 0) is 28.5 Å². The lowest BCUT2D eigenvalue weighted by molar-refractivity contribution is -0.224. The predicted molar refractivity (Wildman–Crippen MR) is 58.8 cm³/mol. The van der Waals surface area contributed by atoms with Crippen molar-refractivity contribution in [3.05, 3.63) is 0 Å². The van der Waals surface area contributed by atoms with Gasteiger partial charge in [-0.3, -0.25) is 4.79 Å². The minimum atomic E-state index is -0.517. The van der Waals surface area contributed by atoms with Crippen molar-refractivity contribution in [1.29, 1.82) is 0 Å². The van der Waals surface area contributed by atoms with Crippen LogP contribution in [0.25, 0.3) is 0 Å². The maximum Gasteiger partial charge on any atom is 0.303 e. The van der Waals surface area contributed by atoms with Gasteiger partial charge in [-0.05, 0) is 0 Å². The SMILES string of the molecule is COCC1OCC(OC)C(OC)C1OC(C)=O. The lowest BCUT2D eigenvalue weighted by Crippen LogP contribution is -2.57. The molecule has 0 spiro atoms. The van der Waals surface area contributed by atoms with E-state index in [9.17, 15) is 4.79 Å². The number of rotatable bonds is 5. The summed E-state index contributed by atoms with van der Waals surface area (Å²) in [4.78, 5) is 11.1. The molecule has 1 fully saturated rings. The zero-order chi connectivity index (χ0) is 12.8. The average Bonchev–Trinajstić information content (AvgIpc) is 2.30. The van der Waals surface area contributed by atoms with Gasteiger partial charge >= 0.3 is 5.97 Å². The van der Waals surface area contributed by atoms with Gasteiger partial charge in [-0.25, -0.2) is 0 Å². The van der Waals surface area contributed by atoms with Crippen LogP contribution in [0.3, 0.4) is 0 Å². The van der Waals surface area contributed by atoms with Crippen molar-refractivity contribution in [2.24, 2.45) is 0 Å². The second-order valence-corrected chi connectivity index (χ2v) is 3.88. The molecule has 0 amide bonds. The molecule has 6 heteroatoms. The predicted octanol–water partition coefficient (Wildman–Crippen LogP) is -0.00670. The second-order valence-electron chi connectivity index (χ2n) is 3.88. The maximum absolute atomic E-state index is 11.1. The van der Waals surface area contributed by atoms with E-state index in [0.717, 1.165) is 0 Å². The molecule has 100 valence electrons. The smallest absolute Gasteiger partial charge is 0.303 e. The molecule has 0 bridgehead atoms. The van der Waals surface area contributed by atoms with E-state index in [1.54, 1.807) is 21.3 Å². The lowest BCUT2D eigenvalue weighted by atomic mass is 10.00. The molecule has 0 aliphatic carbocycles. The third-order valence-electron chi connectivity index (χ3n) is 2.74. The second kappa shape index (κ2) is 6.90. The van der Waals surface area contributed by atoms with Crippen molar-refractivity contribution in [3.63, 3.8) is 0 Å². The van der Waals surface area contributed by atoms with Crippen molar-refractivity contribution in [1.82, 2.24) is 0 Å². The zero-order valence-electron chi connectivity index (χ0n) is 10.7. The van der Waals surface area contributed by atoms with E-state index in [1.165, 1.54) is 6.92 Å². The van der Waals surface area contributed by atoms with Crippen LogP contribution in [-0.4, -0.2) is 64.9 Å². The molecule has 17 heavy (non-hydrogen) atoms. The Bertz CT molecular complexity index is 244. The molecule has 1 heterocycles. The highest BCUT2D eigenvalue weighted by Gasteiger charge is 2.43. The molecule has 0 aromatic carbocycles. The Morgan fingerprint density at radius 3 is 2.41 bits per heavy atom. The summed E-state index contributed by atoms with van der Waals surface area (Å²) in [6.07, 6.45) is -1.45. The molecule has 4 unspecified atom stereocenters. The van der Waals surface area contributed by atoms with Gasteiger partial charge in [0.25, 0.3) is 0 Å². The van der Waals surface area contributed by atoms with E-state index in [2.05, 4.69) is 0 Å². The topological polar surface area (TPSA) is 63.2 Å². The molecular formula is C11H20O6. The van der Waals surface area contributed by atoms with Gasteiger partial charge in [0.1, 0.15) is 18.3 Å². The van der Waals surface area contributed by atoms with Crippen molar-refractivity contribution >= 4 is 5.97 Å². The van der Waals surface area contributed by atoms with Crippen LogP contribution in [0.5, 0.6) is 0 Å². The van der Waals surface area contributed by atoms with Gasteiger partial charge in [0.2, 0.25) is 0 Å². The first-order valence-electron chi connectivity index (χ1n) is 5.47. The summed E-state index contributed by atoms with van der Waals surface area (Å²) in [6, 6.07) is 0. The van der Waals surface area contributed by atoms with Gasteiger partial charge in [0.15, 0.2) is 6.10 Å². The number of methoxy groups -OCH3 is 3. The highest BCUT2D eigenvalue weighted by Crippen LogP contribution is 2.23. The van der Waals surface area contributed by atoms with Gasteiger partial charge in [0.05, 0.1) is 13.2 Å². The highest BCUT2D eigenvalue weighted by molar-refractivity contribution is 5.66. The first-order valence-corrected chi connectivity index (χ1v) is 5.47. The molecule has 0 saturated carbocycles. The molecular weight excluding hydrogens is 228 g/mol. The molecule has 0 radical (unpaired) electrons. The number of esters is 1. The highest BCUT2D eigenvalue weighted by atomic mass is 16.6. The Morgan fingerprint density at radius 2 is 1.94 bits per heavy atom. The van der Waals surface area contributed by atoms with Crippen LogP contribution in [0.4, 0.5) is 0 Å². The molecule has 0 aromatic rings. The largest absolute Gasteiger partial charge is 0.457 e. The summed E-state index contributed by atoms with van der Waals surface area (Å²) in [5, 5.41) is 0. The summed E-state index contributed by atoms with van der Waals surface area (Å²) in [5.74, 6) is -0.376. The van der Waals surface area contributed by atoms with Crippen molar-refractivity contribution < 1.29 is 28.5 Å².